The zero-order chi connectivity index (χ0) is 13.4. The van der Waals surface area contributed by atoms with Crippen molar-refractivity contribution in [3.63, 3.8) is 0 Å². The lowest BCUT2D eigenvalue weighted by molar-refractivity contribution is -0.142. The van der Waals surface area contributed by atoms with Crippen LogP contribution in [0.5, 0.6) is 0 Å². The molecule has 6 heteroatoms. The Bertz CT molecular complexity index is 654. The van der Waals surface area contributed by atoms with E-state index in [4.69, 9.17) is 5.73 Å². The van der Waals surface area contributed by atoms with Crippen LogP contribution in [0.25, 0.3) is 11.0 Å². The quantitative estimate of drug-likeness (QED) is 0.711. The van der Waals surface area contributed by atoms with Crippen molar-refractivity contribution in [2.75, 3.05) is 5.73 Å². The summed E-state index contributed by atoms with van der Waals surface area (Å²) in [6.45, 7) is 3.52. The van der Waals surface area contributed by atoms with Crippen molar-refractivity contribution in [1.82, 2.24) is 9.55 Å². The largest absolute Gasteiger partial charge is 0.480 e. The van der Waals surface area contributed by atoms with E-state index in [1.54, 1.807) is 32.0 Å². The van der Waals surface area contributed by atoms with E-state index in [2.05, 4.69) is 4.98 Å². The maximum Gasteiger partial charge on any atom is 0.327 e. The highest BCUT2D eigenvalue weighted by atomic mass is 16.4. The molecule has 1 atom stereocenters. The van der Waals surface area contributed by atoms with Gasteiger partial charge in [-0.25, -0.2) is 9.59 Å². The Morgan fingerprint density at radius 2 is 2.11 bits per heavy atom. The summed E-state index contributed by atoms with van der Waals surface area (Å²) in [5.74, 6) is -1.24. The number of carboxylic acids is 1. The van der Waals surface area contributed by atoms with Crippen molar-refractivity contribution < 1.29 is 9.90 Å². The van der Waals surface area contributed by atoms with Crippen molar-refractivity contribution in [3.05, 3.63) is 28.7 Å². The number of nitrogens with one attached hydrogen (secondary N) is 1. The minimum atomic E-state index is -1.03. The summed E-state index contributed by atoms with van der Waals surface area (Å²) in [5, 5.41) is 9.26. The number of anilines is 1. The van der Waals surface area contributed by atoms with E-state index in [-0.39, 0.29) is 5.92 Å². The summed E-state index contributed by atoms with van der Waals surface area (Å²) in [6.07, 6.45) is 0. The Balaban J connectivity index is 2.76. The molecule has 0 aliphatic carbocycles. The Morgan fingerprint density at radius 3 is 2.67 bits per heavy atom. The minimum Gasteiger partial charge on any atom is -0.480 e. The smallest absolute Gasteiger partial charge is 0.327 e. The maximum atomic E-state index is 11.9. The molecule has 1 heterocycles. The Kier molecular flexibility index (Phi) is 2.86. The number of imidazole rings is 1. The van der Waals surface area contributed by atoms with E-state index in [1.807, 2.05) is 0 Å². The predicted molar refractivity (Wildman–Crippen MR) is 68.5 cm³/mol. The second kappa shape index (κ2) is 4.21. The van der Waals surface area contributed by atoms with E-state index < -0.39 is 17.7 Å². The number of aliphatic carboxylic acids is 1. The van der Waals surface area contributed by atoms with Gasteiger partial charge < -0.3 is 15.8 Å². The highest BCUT2D eigenvalue weighted by molar-refractivity contribution is 5.82. The van der Waals surface area contributed by atoms with Crippen LogP contribution in [0, 0.1) is 5.92 Å². The summed E-state index contributed by atoms with van der Waals surface area (Å²) < 4.78 is 1.25. The highest BCUT2D eigenvalue weighted by Crippen LogP contribution is 2.22. The normalized spacial score (nSPS) is 13.1. The van der Waals surface area contributed by atoms with Crippen molar-refractivity contribution >= 4 is 22.7 Å². The first kappa shape index (κ1) is 12.2. The molecule has 0 aliphatic rings. The number of nitrogens with two attached hydrogens (primary N) is 1. The number of hydrogen-bond acceptors (Lipinski definition) is 3. The number of aromatic nitrogens is 2. The van der Waals surface area contributed by atoms with Crippen LogP contribution in [-0.4, -0.2) is 20.6 Å². The first-order chi connectivity index (χ1) is 8.41. The molecule has 0 fully saturated rings. The number of fused-ring (bicyclic) bond motifs is 1. The van der Waals surface area contributed by atoms with E-state index in [0.717, 1.165) is 0 Å². The molecule has 2 rings (SSSR count). The molecule has 0 amide bonds. The average Bonchev–Trinajstić information content (AvgIpc) is 2.55. The van der Waals surface area contributed by atoms with Crippen LogP contribution in [0.4, 0.5) is 5.69 Å². The van der Waals surface area contributed by atoms with Gasteiger partial charge in [0.25, 0.3) is 0 Å². The van der Waals surface area contributed by atoms with E-state index in [0.29, 0.717) is 16.7 Å². The summed E-state index contributed by atoms with van der Waals surface area (Å²) in [6, 6.07) is 4.02. The fourth-order valence-corrected chi connectivity index (χ4v) is 2.11. The van der Waals surface area contributed by atoms with Crippen molar-refractivity contribution in [1.29, 1.82) is 0 Å². The predicted octanol–water partition coefficient (Wildman–Crippen LogP) is 1.19. The minimum absolute atomic E-state index is 0.208. The number of aromatic amines is 1. The highest BCUT2D eigenvalue weighted by Gasteiger charge is 2.27. The van der Waals surface area contributed by atoms with Gasteiger partial charge in [-0.15, -0.1) is 0 Å². The Hall–Kier alpha value is -2.24. The van der Waals surface area contributed by atoms with Gasteiger partial charge in [-0.05, 0) is 24.1 Å². The van der Waals surface area contributed by atoms with Crippen LogP contribution < -0.4 is 11.4 Å². The molecule has 0 bridgehead atoms. The van der Waals surface area contributed by atoms with Gasteiger partial charge in [-0.2, -0.15) is 0 Å². The van der Waals surface area contributed by atoms with Gasteiger partial charge in [-0.3, -0.25) is 4.57 Å². The topological polar surface area (TPSA) is 101 Å². The van der Waals surface area contributed by atoms with Gasteiger partial charge >= 0.3 is 11.7 Å². The van der Waals surface area contributed by atoms with Crippen LogP contribution in [-0.2, 0) is 4.79 Å². The zero-order valence-electron chi connectivity index (χ0n) is 10.2. The van der Waals surface area contributed by atoms with Gasteiger partial charge in [0.05, 0.1) is 11.0 Å². The standard InChI is InChI=1S/C12H15N3O3/c1-6(2)10(11(16)17)15-9-5-7(13)3-4-8(9)14-12(15)18/h3-6,10H,13H2,1-2H3,(H,14,18)(H,16,17). The summed E-state index contributed by atoms with van der Waals surface area (Å²) in [5.41, 5.74) is 6.83. The number of carbonyl (C=O) groups is 1. The van der Waals surface area contributed by atoms with Crippen molar-refractivity contribution in [3.8, 4) is 0 Å². The number of H-pyrrole nitrogens is 1. The fourth-order valence-electron chi connectivity index (χ4n) is 2.11. The molecule has 18 heavy (non-hydrogen) atoms. The van der Waals surface area contributed by atoms with E-state index >= 15 is 0 Å². The van der Waals surface area contributed by atoms with Crippen LogP contribution in [0.3, 0.4) is 0 Å². The molecular weight excluding hydrogens is 234 g/mol. The number of hydrogen-bond donors (Lipinski definition) is 3. The molecule has 0 spiro atoms. The van der Waals surface area contributed by atoms with Crippen LogP contribution in [0.15, 0.2) is 23.0 Å². The lowest BCUT2D eigenvalue weighted by Gasteiger charge is -2.17. The summed E-state index contributed by atoms with van der Waals surface area (Å²) in [7, 11) is 0. The molecule has 0 aliphatic heterocycles. The van der Waals surface area contributed by atoms with Gasteiger partial charge in [0, 0.05) is 5.69 Å². The number of nitrogens with zero attached hydrogens (tertiary/aromatic N) is 1. The second-order valence-corrected chi connectivity index (χ2v) is 4.60. The van der Waals surface area contributed by atoms with Gasteiger partial charge in [-0.1, -0.05) is 13.8 Å². The molecule has 0 radical (unpaired) electrons. The van der Waals surface area contributed by atoms with Crippen LogP contribution in [0.1, 0.15) is 19.9 Å². The molecule has 1 unspecified atom stereocenters. The summed E-state index contributed by atoms with van der Waals surface area (Å²) >= 11 is 0. The van der Waals surface area contributed by atoms with Gasteiger partial charge in [0.1, 0.15) is 6.04 Å². The van der Waals surface area contributed by atoms with Gasteiger partial charge in [0.2, 0.25) is 0 Å². The molecule has 1 aromatic heterocycles. The second-order valence-electron chi connectivity index (χ2n) is 4.60. The Labute approximate surface area is 103 Å². The van der Waals surface area contributed by atoms with Crippen molar-refractivity contribution in [2.45, 2.75) is 19.9 Å². The van der Waals surface area contributed by atoms with Gasteiger partial charge in [0.15, 0.2) is 0 Å². The molecule has 6 nitrogen and oxygen atoms in total. The molecular formula is C12H15N3O3. The third kappa shape index (κ3) is 1.85. The van der Waals surface area contributed by atoms with Crippen LogP contribution >= 0.6 is 0 Å². The van der Waals surface area contributed by atoms with Crippen molar-refractivity contribution in [2.24, 2.45) is 5.92 Å². The molecule has 0 saturated heterocycles. The average molecular weight is 249 g/mol. The first-order valence-corrected chi connectivity index (χ1v) is 5.64. The monoisotopic (exact) mass is 249 g/mol. The van der Waals surface area contributed by atoms with Crippen LogP contribution in [0.2, 0.25) is 0 Å². The molecule has 2 aromatic rings. The third-order valence-electron chi connectivity index (χ3n) is 2.90. The number of carboxylic acid groups (broad SMARTS) is 1. The lowest BCUT2D eigenvalue weighted by Crippen LogP contribution is -2.31. The maximum absolute atomic E-state index is 11.9. The number of nitrogen functional groups attached to an aromatic ring is 1. The molecule has 1 aromatic carbocycles. The molecule has 0 saturated carbocycles. The number of benzene rings is 1. The number of rotatable bonds is 3. The molecule has 4 N–H and O–H groups in total. The molecule has 96 valence electrons. The van der Waals surface area contributed by atoms with E-state index in [9.17, 15) is 14.7 Å². The Morgan fingerprint density at radius 1 is 1.44 bits per heavy atom. The fraction of sp³-hybridized carbons (Fsp3) is 0.333. The summed E-state index contributed by atoms with van der Waals surface area (Å²) in [4.78, 5) is 25.9. The van der Waals surface area contributed by atoms with E-state index in [1.165, 1.54) is 4.57 Å². The zero-order valence-corrected chi connectivity index (χ0v) is 10.2. The third-order valence-corrected chi connectivity index (χ3v) is 2.90. The lowest BCUT2D eigenvalue weighted by atomic mass is 10.0. The SMILES string of the molecule is CC(C)C(C(=O)O)n1c(=O)[nH]c2ccc(N)cc21. The first-order valence-electron chi connectivity index (χ1n) is 5.64.